The SMILES string of the molecule is COCCNC(=O)C(C)NC(=O)Cn1ccc(N)n1. The van der Waals surface area contributed by atoms with Gasteiger partial charge in [0.15, 0.2) is 0 Å². The minimum absolute atomic E-state index is 0.0207. The van der Waals surface area contributed by atoms with Crippen molar-refractivity contribution in [3.05, 3.63) is 12.3 Å². The molecule has 8 heteroatoms. The Hall–Kier alpha value is -2.09. The van der Waals surface area contributed by atoms with E-state index >= 15 is 0 Å². The second kappa shape index (κ2) is 7.37. The standard InChI is InChI=1S/C11H19N5O3/c1-8(11(18)13-4-6-19-2)14-10(17)7-16-5-3-9(12)15-16/h3,5,8H,4,6-7H2,1-2H3,(H2,12,15)(H,13,18)(H,14,17). The van der Waals surface area contributed by atoms with Crippen LogP contribution in [0.2, 0.25) is 0 Å². The molecule has 4 N–H and O–H groups in total. The quantitative estimate of drug-likeness (QED) is 0.535. The maximum atomic E-state index is 11.6. The fourth-order valence-corrected chi connectivity index (χ4v) is 1.39. The molecule has 0 fully saturated rings. The van der Waals surface area contributed by atoms with Crippen LogP contribution >= 0.6 is 0 Å². The monoisotopic (exact) mass is 269 g/mol. The van der Waals surface area contributed by atoms with Crippen molar-refractivity contribution in [2.24, 2.45) is 0 Å². The normalized spacial score (nSPS) is 11.9. The molecule has 0 aliphatic carbocycles. The van der Waals surface area contributed by atoms with Gasteiger partial charge in [-0.3, -0.25) is 14.3 Å². The van der Waals surface area contributed by atoms with Crippen LogP contribution in [0, 0.1) is 0 Å². The van der Waals surface area contributed by atoms with Crippen molar-refractivity contribution < 1.29 is 14.3 Å². The molecule has 106 valence electrons. The van der Waals surface area contributed by atoms with Gasteiger partial charge >= 0.3 is 0 Å². The van der Waals surface area contributed by atoms with Gasteiger partial charge in [0, 0.05) is 19.9 Å². The Labute approximate surface area is 111 Å². The zero-order valence-corrected chi connectivity index (χ0v) is 11.0. The van der Waals surface area contributed by atoms with Crippen LogP contribution < -0.4 is 16.4 Å². The number of carbonyl (C=O) groups excluding carboxylic acids is 2. The van der Waals surface area contributed by atoms with Crippen LogP contribution in [0.3, 0.4) is 0 Å². The summed E-state index contributed by atoms with van der Waals surface area (Å²) in [5.41, 5.74) is 5.43. The van der Waals surface area contributed by atoms with Crippen LogP contribution in [-0.2, 0) is 20.9 Å². The molecule has 1 heterocycles. The van der Waals surface area contributed by atoms with Gasteiger partial charge in [-0.2, -0.15) is 5.10 Å². The van der Waals surface area contributed by atoms with Crippen LogP contribution in [0.5, 0.6) is 0 Å². The van der Waals surface area contributed by atoms with Gasteiger partial charge in [-0.25, -0.2) is 0 Å². The zero-order chi connectivity index (χ0) is 14.3. The van der Waals surface area contributed by atoms with Gasteiger partial charge in [-0.15, -0.1) is 0 Å². The Bertz CT molecular complexity index is 432. The topological polar surface area (TPSA) is 111 Å². The first-order chi connectivity index (χ1) is 9.02. The molecule has 0 aliphatic rings. The Morgan fingerprint density at radius 3 is 2.89 bits per heavy atom. The van der Waals surface area contributed by atoms with Crippen molar-refractivity contribution in [1.29, 1.82) is 0 Å². The molecule has 0 saturated heterocycles. The van der Waals surface area contributed by atoms with Gasteiger partial charge in [0.25, 0.3) is 0 Å². The number of rotatable bonds is 7. The minimum Gasteiger partial charge on any atom is -0.383 e. The molecule has 1 unspecified atom stereocenters. The van der Waals surface area contributed by atoms with Crippen molar-refractivity contribution in [2.45, 2.75) is 19.5 Å². The first kappa shape index (κ1) is 15.0. The number of nitrogens with zero attached hydrogens (tertiary/aromatic N) is 2. The number of methoxy groups -OCH3 is 1. The second-order valence-electron chi connectivity index (χ2n) is 4.01. The summed E-state index contributed by atoms with van der Waals surface area (Å²) >= 11 is 0. The van der Waals surface area contributed by atoms with E-state index in [0.29, 0.717) is 19.0 Å². The van der Waals surface area contributed by atoms with E-state index in [1.54, 1.807) is 26.3 Å². The van der Waals surface area contributed by atoms with Gasteiger partial charge in [0.1, 0.15) is 18.4 Å². The molecule has 0 aliphatic heterocycles. The summed E-state index contributed by atoms with van der Waals surface area (Å²) in [6, 6.07) is 0.978. The highest BCUT2D eigenvalue weighted by atomic mass is 16.5. The van der Waals surface area contributed by atoms with Crippen molar-refractivity contribution in [3.63, 3.8) is 0 Å². The van der Waals surface area contributed by atoms with Crippen molar-refractivity contribution >= 4 is 17.6 Å². The molecular weight excluding hydrogens is 250 g/mol. The lowest BCUT2D eigenvalue weighted by Gasteiger charge is -2.13. The van der Waals surface area contributed by atoms with E-state index < -0.39 is 6.04 Å². The maximum Gasteiger partial charge on any atom is 0.242 e. The first-order valence-electron chi connectivity index (χ1n) is 5.88. The second-order valence-corrected chi connectivity index (χ2v) is 4.01. The Morgan fingerprint density at radius 1 is 1.58 bits per heavy atom. The predicted molar refractivity (Wildman–Crippen MR) is 69.1 cm³/mol. The third kappa shape index (κ3) is 5.38. The van der Waals surface area contributed by atoms with Crippen LogP contribution in [0.15, 0.2) is 12.3 Å². The number of nitrogen functional groups attached to an aromatic ring is 1. The summed E-state index contributed by atoms with van der Waals surface area (Å²) < 4.78 is 6.21. The van der Waals surface area contributed by atoms with Gasteiger partial charge in [0.2, 0.25) is 11.8 Å². The molecule has 0 saturated carbocycles. The summed E-state index contributed by atoms with van der Waals surface area (Å²) in [5.74, 6) is -0.221. The lowest BCUT2D eigenvalue weighted by molar-refractivity contribution is -0.129. The van der Waals surface area contributed by atoms with Gasteiger partial charge < -0.3 is 21.1 Å². The summed E-state index contributed by atoms with van der Waals surface area (Å²) in [4.78, 5) is 23.2. The molecule has 0 aromatic carbocycles. The molecular formula is C11H19N5O3. The fraction of sp³-hybridized carbons (Fsp3) is 0.545. The molecule has 2 amide bonds. The average Bonchev–Trinajstić information content (AvgIpc) is 2.74. The predicted octanol–water partition coefficient (Wildman–Crippen LogP) is -1.27. The van der Waals surface area contributed by atoms with E-state index in [9.17, 15) is 9.59 Å². The smallest absolute Gasteiger partial charge is 0.242 e. The van der Waals surface area contributed by atoms with E-state index in [-0.39, 0.29) is 18.4 Å². The number of hydrogen-bond acceptors (Lipinski definition) is 5. The molecule has 1 atom stereocenters. The Balaban J connectivity index is 2.32. The lowest BCUT2D eigenvalue weighted by atomic mass is 10.3. The third-order valence-corrected chi connectivity index (χ3v) is 2.34. The highest BCUT2D eigenvalue weighted by Gasteiger charge is 2.15. The maximum absolute atomic E-state index is 11.6. The highest BCUT2D eigenvalue weighted by Crippen LogP contribution is 1.95. The molecule has 1 rings (SSSR count). The molecule has 8 nitrogen and oxygen atoms in total. The average molecular weight is 269 g/mol. The van der Waals surface area contributed by atoms with E-state index in [1.807, 2.05) is 0 Å². The van der Waals surface area contributed by atoms with E-state index in [4.69, 9.17) is 10.5 Å². The molecule has 19 heavy (non-hydrogen) atoms. The molecule has 0 radical (unpaired) electrons. The summed E-state index contributed by atoms with van der Waals surface area (Å²) in [7, 11) is 1.55. The molecule has 0 bridgehead atoms. The minimum atomic E-state index is -0.614. The lowest BCUT2D eigenvalue weighted by Crippen LogP contribution is -2.46. The molecule has 1 aromatic heterocycles. The van der Waals surface area contributed by atoms with Crippen LogP contribution in [0.4, 0.5) is 5.82 Å². The van der Waals surface area contributed by atoms with Crippen LogP contribution in [-0.4, -0.2) is 47.9 Å². The number of anilines is 1. The van der Waals surface area contributed by atoms with Crippen molar-refractivity contribution in [1.82, 2.24) is 20.4 Å². The fourth-order valence-electron chi connectivity index (χ4n) is 1.39. The van der Waals surface area contributed by atoms with Gasteiger partial charge in [-0.1, -0.05) is 0 Å². The number of aromatic nitrogens is 2. The third-order valence-electron chi connectivity index (χ3n) is 2.34. The highest BCUT2D eigenvalue weighted by molar-refractivity contribution is 5.87. The summed E-state index contributed by atoms with van der Waals surface area (Å²) in [6.07, 6.45) is 1.60. The number of nitrogens with two attached hydrogens (primary N) is 1. The van der Waals surface area contributed by atoms with E-state index in [2.05, 4.69) is 15.7 Å². The van der Waals surface area contributed by atoms with E-state index in [0.717, 1.165) is 0 Å². The molecule has 1 aromatic rings. The van der Waals surface area contributed by atoms with Crippen LogP contribution in [0.1, 0.15) is 6.92 Å². The number of amides is 2. The number of ether oxygens (including phenoxy) is 1. The van der Waals surface area contributed by atoms with Crippen molar-refractivity contribution in [3.8, 4) is 0 Å². The van der Waals surface area contributed by atoms with E-state index in [1.165, 1.54) is 4.68 Å². The summed E-state index contributed by atoms with van der Waals surface area (Å²) in [5, 5.41) is 9.09. The van der Waals surface area contributed by atoms with Crippen molar-refractivity contribution in [2.75, 3.05) is 26.0 Å². The summed E-state index contributed by atoms with van der Waals surface area (Å²) in [6.45, 7) is 2.47. The largest absolute Gasteiger partial charge is 0.383 e. The Kier molecular flexibility index (Phi) is 5.80. The van der Waals surface area contributed by atoms with Crippen LogP contribution in [0.25, 0.3) is 0 Å². The zero-order valence-electron chi connectivity index (χ0n) is 11.0. The number of nitrogens with one attached hydrogen (secondary N) is 2. The first-order valence-corrected chi connectivity index (χ1v) is 5.88. The number of carbonyl (C=O) groups is 2. The van der Waals surface area contributed by atoms with Gasteiger partial charge in [-0.05, 0) is 13.0 Å². The number of hydrogen-bond donors (Lipinski definition) is 3. The Morgan fingerprint density at radius 2 is 2.32 bits per heavy atom. The van der Waals surface area contributed by atoms with Gasteiger partial charge in [0.05, 0.1) is 6.61 Å². The molecule has 0 spiro atoms.